The summed E-state index contributed by atoms with van der Waals surface area (Å²) in [5.74, 6) is -0.200. The second-order valence-electron chi connectivity index (χ2n) is 4.43. The molecule has 1 saturated heterocycles. The molecule has 1 saturated carbocycles. The van der Waals surface area contributed by atoms with Crippen LogP contribution in [0, 0.1) is 0 Å². The molecule has 1 aliphatic carbocycles. The number of hydrogen-bond donors (Lipinski definition) is 1. The summed E-state index contributed by atoms with van der Waals surface area (Å²) in [6.07, 6.45) is 4.53. The molecular formula is C11H17NO3. The second kappa shape index (κ2) is 4.31. The number of aliphatic hydroxyl groups is 1. The average Bonchev–Trinajstić information content (AvgIpc) is 2.20. The highest BCUT2D eigenvalue weighted by Gasteiger charge is 2.37. The number of imide groups is 1. The maximum atomic E-state index is 11.6. The Morgan fingerprint density at radius 3 is 2.20 bits per heavy atom. The highest BCUT2D eigenvalue weighted by Crippen LogP contribution is 2.26. The van der Waals surface area contributed by atoms with E-state index in [0.29, 0.717) is 25.7 Å². The van der Waals surface area contributed by atoms with E-state index in [1.807, 2.05) is 0 Å². The Morgan fingerprint density at radius 2 is 1.60 bits per heavy atom. The fourth-order valence-electron chi connectivity index (χ4n) is 2.53. The van der Waals surface area contributed by atoms with Crippen LogP contribution in [-0.4, -0.2) is 34.0 Å². The molecule has 2 atom stereocenters. The summed E-state index contributed by atoms with van der Waals surface area (Å²) < 4.78 is 0. The minimum Gasteiger partial charge on any atom is -0.391 e. The van der Waals surface area contributed by atoms with E-state index in [-0.39, 0.29) is 17.9 Å². The summed E-state index contributed by atoms with van der Waals surface area (Å²) in [6.45, 7) is 0. The molecule has 2 fully saturated rings. The maximum Gasteiger partial charge on any atom is 0.229 e. The largest absolute Gasteiger partial charge is 0.391 e. The zero-order chi connectivity index (χ0) is 10.8. The van der Waals surface area contributed by atoms with E-state index < -0.39 is 6.10 Å². The molecule has 0 bridgehead atoms. The van der Waals surface area contributed by atoms with Gasteiger partial charge in [0.2, 0.25) is 11.8 Å². The average molecular weight is 211 g/mol. The molecule has 0 aromatic heterocycles. The van der Waals surface area contributed by atoms with Crippen LogP contribution in [0.5, 0.6) is 0 Å². The van der Waals surface area contributed by atoms with Gasteiger partial charge in [-0.3, -0.25) is 14.5 Å². The Labute approximate surface area is 89.3 Å². The van der Waals surface area contributed by atoms with E-state index in [1.165, 1.54) is 4.90 Å². The molecule has 4 heteroatoms. The van der Waals surface area contributed by atoms with E-state index in [4.69, 9.17) is 0 Å². The number of rotatable bonds is 1. The third kappa shape index (κ3) is 2.04. The summed E-state index contributed by atoms with van der Waals surface area (Å²) in [6, 6.07) is -0.251. The first-order valence-corrected chi connectivity index (χ1v) is 5.73. The zero-order valence-corrected chi connectivity index (χ0v) is 8.82. The molecule has 2 aliphatic rings. The highest BCUT2D eigenvalue weighted by atomic mass is 16.3. The van der Waals surface area contributed by atoms with E-state index in [9.17, 15) is 14.7 Å². The van der Waals surface area contributed by atoms with E-state index in [0.717, 1.165) is 19.3 Å². The summed E-state index contributed by atoms with van der Waals surface area (Å²) in [5.41, 5.74) is 0. The lowest BCUT2D eigenvalue weighted by atomic mass is 9.90. The SMILES string of the molecule is O=C1CCCC(=O)N1C1CCCCC1O. The molecule has 0 aromatic rings. The van der Waals surface area contributed by atoms with Crippen molar-refractivity contribution in [3.05, 3.63) is 0 Å². The van der Waals surface area contributed by atoms with Gasteiger partial charge in [0.15, 0.2) is 0 Å². The molecule has 2 amide bonds. The molecule has 2 rings (SSSR count). The van der Waals surface area contributed by atoms with Crippen molar-refractivity contribution in [1.82, 2.24) is 4.90 Å². The molecule has 1 N–H and O–H groups in total. The zero-order valence-electron chi connectivity index (χ0n) is 8.82. The molecule has 0 radical (unpaired) electrons. The molecule has 84 valence electrons. The van der Waals surface area contributed by atoms with Crippen LogP contribution in [0.1, 0.15) is 44.9 Å². The van der Waals surface area contributed by atoms with Crippen molar-refractivity contribution in [3.63, 3.8) is 0 Å². The minimum atomic E-state index is -0.509. The number of carbonyl (C=O) groups is 2. The smallest absolute Gasteiger partial charge is 0.229 e. The number of likely N-dealkylation sites (tertiary alicyclic amines) is 1. The van der Waals surface area contributed by atoms with Crippen LogP contribution >= 0.6 is 0 Å². The standard InChI is InChI=1S/C11H17NO3/c13-9-5-2-1-4-8(9)12-10(14)6-3-7-11(12)15/h8-9,13H,1-7H2. The van der Waals surface area contributed by atoms with Crippen molar-refractivity contribution in [2.45, 2.75) is 57.1 Å². The lowest BCUT2D eigenvalue weighted by Gasteiger charge is -2.38. The van der Waals surface area contributed by atoms with Crippen LogP contribution in [-0.2, 0) is 9.59 Å². The fraction of sp³-hybridized carbons (Fsp3) is 0.818. The summed E-state index contributed by atoms with van der Waals surface area (Å²) in [7, 11) is 0. The van der Waals surface area contributed by atoms with Crippen LogP contribution in [0.2, 0.25) is 0 Å². The van der Waals surface area contributed by atoms with Crippen LogP contribution in [0.25, 0.3) is 0 Å². The third-order valence-corrected chi connectivity index (χ3v) is 3.34. The van der Waals surface area contributed by atoms with Gasteiger partial charge in [0.05, 0.1) is 12.1 Å². The number of aliphatic hydroxyl groups excluding tert-OH is 1. The first-order chi connectivity index (χ1) is 7.20. The lowest BCUT2D eigenvalue weighted by Crippen LogP contribution is -2.53. The monoisotopic (exact) mass is 211 g/mol. The van der Waals surface area contributed by atoms with Crippen molar-refractivity contribution in [2.75, 3.05) is 0 Å². The van der Waals surface area contributed by atoms with Gasteiger partial charge in [0, 0.05) is 12.8 Å². The van der Waals surface area contributed by atoms with Gasteiger partial charge >= 0.3 is 0 Å². The van der Waals surface area contributed by atoms with Crippen LogP contribution in [0.15, 0.2) is 0 Å². The first-order valence-electron chi connectivity index (χ1n) is 5.73. The molecule has 4 nitrogen and oxygen atoms in total. The predicted octanol–water partition coefficient (Wildman–Crippen LogP) is 0.829. The third-order valence-electron chi connectivity index (χ3n) is 3.34. The van der Waals surface area contributed by atoms with Gasteiger partial charge < -0.3 is 5.11 Å². The Morgan fingerprint density at radius 1 is 1.00 bits per heavy atom. The van der Waals surface area contributed by atoms with Crippen LogP contribution < -0.4 is 0 Å². The molecule has 0 aromatic carbocycles. The van der Waals surface area contributed by atoms with Crippen LogP contribution in [0.4, 0.5) is 0 Å². The molecular weight excluding hydrogens is 194 g/mol. The molecule has 2 unspecified atom stereocenters. The van der Waals surface area contributed by atoms with E-state index >= 15 is 0 Å². The van der Waals surface area contributed by atoms with Crippen molar-refractivity contribution in [2.24, 2.45) is 0 Å². The van der Waals surface area contributed by atoms with E-state index in [1.54, 1.807) is 0 Å². The minimum absolute atomic E-state index is 0.0998. The number of hydrogen-bond acceptors (Lipinski definition) is 3. The number of carbonyl (C=O) groups excluding carboxylic acids is 2. The van der Waals surface area contributed by atoms with Gasteiger partial charge in [-0.15, -0.1) is 0 Å². The predicted molar refractivity (Wildman–Crippen MR) is 54.0 cm³/mol. The molecule has 1 aliphatic heterocycles. The molecule has 1 heterocycles. The van der Waals surface area contributed by atoms with Crippen LogP contribution in [0.3, 0.4) is 0 Å². The number of piperidine rings is 1. The lowest BCUT2D eigenvalue weighted by molar-refractivity contribution is -0.155. The maximum absolute atomic E-state index is 11.6. The quantitative estimate of drug-likeness (QED) is 0.653. The van der Waals surface area contributed by atoms with Gasteiger partial charge in [0.25, 0.3) is 0 Å². The topological polar surface area (TPSA) is 57.6 Å². The Hall–Kier alpha value is -0.900. The summed E-state index contributed by atoms with van der Waals surface area (Å²) in [5, 5.41) is 9.81. The van der Waals surface area contributed by atoms with Crippen molar-refractivity contribution < 1.29 is 14.7 Å². The highest BCUT2D eigenvalue weighted by molar-refractivity contribution is 5.97. The normalized spacial score (nSPS) is 33.3. The van der Waals surface area contributed by atoms with Crippen molar-refractivity contribution in [1.29, 1.82) is 0 Å². The van der Waals surface area contributed by atoms with E-state index in [2.05, 4.69) is 0 Å². The first kappa shape index (κ1) is 10.6. The Balaban J connectivity index is 2.12. The molecule has 15 heavy (non-hydrogen) atoms. The molecule has 0 spiro atoms. The van der Waals surface area contributed by atoms with Gasteiger partial charge in [-0.05, 0) is 19.3 Å². The number of nitrogens with zero attached hydrogens (tertiary/aromatic N) is 1. The van der Waals surface area contributed by atoms with Crippen molar-refractivity contribution in [3.8, 4) is 0 Å². The number of amides is 2. The summed E-state index contributed by atoms with van der Waals surface area (Å²) >= 11 is 0. The summed E-state index contributed by atoms with van der Waals surface area (Å²) in [4.78, 5) is 24.6. The second-order valence-corrected chi connectivity index (χ2v) is 4.43. The fourth-order valence-corrected chi connectivity index (χ4v) is 2.53. The van der Waals surface area contributed by atoms with Gasteiger partial charge in [-0.2, -0.15) is 0 Å². The van der Waals surface area contributed by atoms with Gasteiger partial charge in [0.1, 0.15) is 0 Å². The van der Waals surface area contributed by atoms with Gasteiger partial charge in [-0.25, -0.2) is 0 Å². The van der Waals surface area contributed by atoms with Crippen molar-refractivity contribution >= 4 is 11.8 Å². The Kier molecular flexibility index (Phi) is 3.05. The van der Waals surface area contributed by atoms with Gasteiger partial charge in [-0.1, -0.05) is 12.8 Å². The Bertz CT molecular complexity index is 261.